The van der Waals surface area contributed by atoms with Gasteiger partial charge in [0.25, 0.3) is 0 Å². The lowest BCUT2D eigenvalue weighted by Crippen LogP contribution is -2.18. The van der Waals surface area contributed by atoms with Gasteiger partial charge in [0.15, 0.2) is 0 Å². The molecule has 3 aromatic rings. The molecule has 1 N–H and O–H groups in total. The van der Waals surface area contributed by atoms with Crippen molar-refractivity contribution in [1.29, 1.82) is 0 Å². The Balaban J connectivity index is 1.55. The van der Waals surface area contributed by atoms with Crippen LogP contribution in [0, 0.1) is 24.0 Å². The summed E-state index contributed by atoms with van der Waals surface area (Å²) in [7, 11) is 1.54. The van der Waals surface area contributed by atoms with Crippen LogP contribution in [0.3, 0.4) is 0 Å². The van der Waals surface area contributed by atoms with E-state index in [1.807, 2.05) is 6.07 Å². The summed E-state index contributed by atoms with van der Waals surface area (Å²) in [6.07, 6.45) is 2.20. The predicted molar refractivity (Wildman–Crippen MR) is 137 cm³/mol. The zero-order chi connectivity index (χ0) is 26.2. The standard InChI is InChI=1S/C24H25Cl2N5O5/c1-15-24(31(33)34)16(2)30(29-15)14-18-11-17(6-8-21(18)35-3)13-27-28-23(32)5-4-10-36-22-9-7-19(25)12-20(22)26/h6-9,11-13H,4-5,10,14H2,1-3H3,(H,28,32)/b27-13-. The highest BCUT2D eigenvalue weighted by Gasteiger charge is 2.22. The van der Waals surface area contributed by atoms with Crippen molar-refractivity contribution in [2.24, 2.45) is 5.10 Å². The van der Waals surface area contributed by atoms with Crippen molar-refractivity contribution in [2.45, 2.75) is 33.2 Å². The van der Waals surface area contributed by atoms with Gasteiger partial charge in [0.2, 0.25) is 5.91 Å². The van der Waals surface area contributed by atoms with Crippen LogP contribution < -0.4 is 14.9 Å². The average Bonchev–Trinajstić information content (AvgIpc) is 3.10. The molecule has 0 fully saturated rings. The molecule has 0 atom stereocenters. The van der Waals surface area contributed by atoms with Crippen LogP contribution in [0.25, 0.3) is 0 Å². The average molecular weight is 534 g/mol. The van der Waals surface area contributed by atoms with Crippen LogP contribution in [0.15, 0.2) is 41.5 Å². The summed E-state index contributed by atoms with van der Waals surface area (Å²) in [5.41, 5.74) is 4.75. The fourth-order valence-electron chi connectivity index (χ4n) is 3.51. The molecule has 0 saturated carbocycles. The highest BCUT2D eigenvalue weighted by Crippen LogP contribution is 2.28. The fraction of sp³-hybridized carbons (Fsp3) is 0.292. The topological polar surface area (TPSA) is 121 Å². The molecule has 1 aromatic heterocycles. The minimum absolute atomic E-state index is 0.00365. The molecule has 0 aliphatic carbocycles. The Labute approximate surface area is 218 Å². The number of nitrogens with one attached hydrogen (secondary N) is 1. The van der Waals surface area contributed by atoms with Gasteiger partial charge >= 0.3 is 5.69 Å². The highest BCUT2D eigenvalue weighted by atomic mass is 35.5. The van der Waals surface area contributed by atoms with Gasteiger partial charge in [0.05, 0.1) is 36.4 Å². The van der Waals surface area contributed by atoms with Gasteiger partial charge in [-0.1, -0.05) is 23.2 Å². The number of benzene rings is 2. The van der Waals surface area contributed by atoms with Gasteiger partial charge < -0.3 is 9.47 Å². The third-order valence-electron chi connectivity index (χ3n) is 5.25. The van der Waals surface area contributed by atoms with E-state index in [0.717, 1.165) is 5.56 Å². The summed E-state index contributed by atoms with van der Waals surface area (Å²) in [4.78, 5) is 22.9. The van der Waals surface area contributed by atoms with Gasteiger partial charge in [0.1, 0.15) is 22.9 Å². The molecular formula is C24H25Cl2N5O5. The van der Waals surface area contributed by atoms with E-state index in [4.69, 9.17) is 32.7 Å². The van der Waals surface area contributed by atoms with Gasteiger partial charge in [-0.3, -0.25) is 19.6 Å². The summed E-state index contributed by atoms with van der Waals surface area (Å²) < 4.78 is 12.6. The SMILES string of the molecule is COc1ccc(/C=N\NC(=O)CCCOc2ccc(Cl)cc2Cl)cc1Cn1nc(C)c([N+](=O)[O-])c1C. The Hall–Kier alpha value is -3.63. The Bertz CT molecular complexity index is 1290. The van der Waals surface area contributed by atoms with Crippen LogP contribution in [0.5, 0.6) is 11.5 Å². The lowest BCUT2D eigenvalue weighted by molar-refractivity contribution is -0.386. The van der Waals surface area contributed by atoms with Crippen molar-refractivity contribution in [3.63, 3.8) is 0 Å². The zero-order valence-corrected chi connectivity index (χ0v) is 21.5. The van der Waals surface area contributed by atoms with Crippen molar-refractivity contribution >= 4 is 41.0 Å². The van der Waals surface area contributed by atoms with E-state index in [1.54, 1.807) is 56.0 Å². The largest absolute Gasteiger partial charge is 0.496 e. The highest BCUT2D eigenvalue weighted by molar-refractivity contribution is 6.35. The number of methoxy groups -OCH3 is 1. The molecule has 1 amide bonds. The molecule has 10 nitrogen and oxygen atoms in total. The predicted octanol–water partition coefficient (Wildman–Crippen LogP) is 5.08. The maximum absolute atomic E-state index is 12.1. The number of hydrogen-bond donors (Lipinski definition) is 1. The quantitative estimate of drug-likeness (QED) is 0.159. The number of aryl methyl sites for hydroxylation is 1. The molecule has 0 unspecified atom stereocenters. The maximum Gasteiger partial charge on any atom is 0.312 e. The molecule has 0 aliphatic rings. The van der Waals surface area contributed by atoms with Gasteiger partial charge in [-0.05, 0) is 62.2 Å². The Morgan fingerprint density at radius 3 is 2.64 bits per heavy atom. The number of halogens is 2. The third-order valence-corrected chi connectivity index (χ3v) is 5.78. The van der Waals surface area contributed by atoms with Crippen molar-refractivity contribution in [3.05, 3.63) is 79.1 Å². The molecule has 1 heterocycles. The fourth-order valence-corrected chi connectivity index (χ4v) is 3.97. The minimum Gasteiger partial charge on any atom is -0.496 e. The van der Waals surface area contributed by atoms with Crippen LogP contribution in [0.2, 0.25) is 10.0 Å². The molecule has 3 rings (SSSR count). The molecule has 0 bridgehead atoms. The van der Waals surface area contributed by atoms with E-state index >= 15 is 0 Å². The zero-order valence-electron chi connectivity index (χ0n) is 20.0. The number of carbonyl (C=O) groups excluding carboxylic acids is 1. The van der Waals surface area contributed by atoms with Crippen LogP contribution in [0.4, 0.5) is 5.69 Å². The first kappa shape index (κ1) is 27.0. The van der Waals surface area contributed by atoms with Crippen molar-refractivity contribution in [2.75, 3.05) is 13.7 Å². The van der Waals surface area contributed by atoms with Crippen LogP contribution >= 0.6 is 23.2 Å². The molecule has 0 radical (unpaired) electrons. The molecule has 0 saturated heterocycles. The van der Waals surface area contributed by atoms with Crippen LogP contribution in [0.1, 0.15) is 35.4 Å². The molecule has 12 heteroatoms. The van der Waals surface area contributed by atoms with E-state index < -0.39 is 4.92 Å². The normalized spacial score (nSPS) is 11.0. The first-order valence-electron chi connectivity index (χ1n) is 10.9. The van der Waals surface area contributed by atoms with Crippen LogP contribution in [-0.4, -0.2) is 40.5 Å². The molecule has 0 spiro atoms. The van der Waals surface area contributed by atoms with Gasteiger partial charge in [0, 0.05) is 17.0 Å². The summed E-state index contributed by atoms with van der Waals surface area (Å²) in [6.45, 7) is 3.84. The summed E-state index contributed by atoms with van der Waals surface area (Å²) in [5.74, 6) is 0.845. The smallest absolute Gasteiger partial charge is 0.312 e. The van der Waals surface area contributed by atoms with E-state index in [2.05, 4.69) is 15.6 Å². The monoisotopic (exact) mass is 533 g/mol. The first-order valence-corrected chi connectivity index (χ1v) is 11.7. The lowest BCUT2D eigenvalue weighted by Gasteiger charge is -2.10. The summed E-state index contributed by atoms with van der Waals surface area (Å²) in [6, 6.07) is 10.3. The molecule has 36 heavy (non-hydrogen) atoms. The number of ether oxygens (including phenoxy) is 2. The van der Waals surface area contributed by atoms with E-state index in [1.165, 1.54) is 6.21 Å². The molecule has 2 aromatic carbocycles. The Kier molecular flexibility index (Phi) is 9.26. The number of carbonyl (C=O) groups is 1. The van der Waals surface area contributed by atoms with Gasteiger partial charge in [-0.2, -0.15) is 10.2 Å². The number of amides is 1. The lowest BCUT2D eigenvalue weighted by atomic mass is 10.1. The second-order valence-corrected chi connectivity index (χ2v) is 8.67. The number of hydrazone groups is 1. The Morgan fingerprint density at radius 2 is 1.97 bits per heavy atom. The summed E-state index contributed by atoms with van der Waals surface area (Å²) >= 11 is 11.9. The Morgan fingerprint density at radius 1 is 1.22 bits per heavy atom. The van der Waals surface area contributed by atoms with Gasteiger partial charge in [-0.15, -0.1) is 0 Å². The number of rotatable bonds is 11. The first-order chi connectivity index (χ1) is 17.2. The van der Waals surface area contributed by atoms with Crippen molar-refractivity contribution in [1.82, 2.24) is 15.2 Å². The van der Waals surface area contributed by atoms with Crippen molar-refractivity contribution < 1.29 is 19.2 Å². The second kappa shape index (κ2) is 12.4. The second-order valence-electron chi connectivity index (χ2n) is 7.83. The van der Waals surface area contributed by atoms with Gasteiger partial charge in [-0.25, -0.2) is 5.43 Å². The number of hydrogen-bond acceptors (Lipinski definition) is 7. The maximum atomic E-state index is 12.1. The minimum atomic E-state index is -0.434. The summed E-state index contributed by atoms with van der Waals surface area (Å²) in [5, 5.41) is 20.5. The molecule has 0 aliphatic heterocycles. The third kappa shape index (κ3) is 6.96. The van der Waals surface area contributed by atoms with Crippen molar-refractivity contribution in [3.8, 4) is 11.5 Å². The number of nitro groups is 1. The molecular weight excluding hydrogens is 509 g/mol. The number of aromatic nitrogens is 2. The molecule has 190 valence electrons. The number of nitrogens with zero attached hydrogens (tertiary/aromatic N) is 4. The van der Waals surface area contributed by atoms with Crippen LogP contribution in [-0.2, 0) is 11.3 Å². The van der Waals surface area contributed by atoms with E-state index in [0.29, 0.717) is 51.5 Å². The van der Waals surface area contributed by atoms with E-state index in [-0.39, 0.29) is 24.6 Å². The van der Waals surface area contributed by atoms with E-state index in [9.17, 15) is 14.9 Å².